The number of likely N-dealkylation sites (N-methyl/N-ethyl adjacent to an activating group) is 2. The number of carbonyl (C=O) groups is 1. The van der Waals surface area contributed by atoms with Crippen molar-refractivity contribution in [1.29, 1.82) is 0 Å². The van der Waals surface area contributed by atoms with Crippen LogP contribution in [-0.2, 0) is 4.79 Å². The fraction of sp³-hybridized carbons (Fsp3) is 0.323. The molecule has 0 atom stereocenters. The van der Waals surface area contributed by atoms with Crippen molar-refractivity contribution in [2.24, 2.45) is 0 Å². The molecule has 1 amide bonds. The lowest BCUT2D eigenvalue weighted by Gasteiger charge is -2.36. The third kappa shape index (κ3) is 5.29. The number of carbonyl (C=O) groups excluding carboxylic acids is 1. The van der Waals surface area contributed by atoms with Crippen molar-refractivity contribution in [2.75, 3.05) is 70.2 Å². The van der Waals surface area contributed by atoms with Crippen LogP contribution in [0.15, 0.2) is 55.1 Å². The summed E-state index contributed by atoms with van der Waals surface area (Å²) in [5.41, 5.74) is 3.44. The molecule has 0 spiro atoms. The number of phenolic OH excluding ortho intramolecular Hbond substituents is 1. The molecule has 40 heavy (non-hydrogen) atoms. The summed E-state index contributed by atoms with van der Waals surface area (Å²) in [5.74, 6) is 1.56. The predicted octanol–water partition coefficient (Wildman–Crippen LogP) is 4.95. The van der Waals surface area contributed by atoms with Crippen LogP contribution in [0, 0.1) is 6.92 Å². The molecule has 0 unspecified atom stereocenters. The van der Waals surface area contributed by atoms with Gasteiger partial charge in [0.2, 0.25) is 11.9 Å². The lowest BCUT2D eigenvalue weighted by atomic mass is 9.93. The molecule has 2 heterocycles. The number of aryl methyl sites for hydroxylation is 1. The number of phenols is 1. The first-order valence-corrected chi connectivity index (χ1v) is 13.8. The maximum atomic E-state index is 12.2. The first-order valence-electron chi connectivity index (χ1n) is 13.4. The second-order valence-corrected chi connectivity index (χ2v) is 11.0. The van der Waals surface area contributed by atoms with Gasteiger partial charge in [-0.3, -0.25) is 4.79 Å². The van der Waals surface area contributed by atoms with E-state index < -0.39 is 0 Å². The molecule has 5 rings (SSSR count). The van der Waals surface area contributed by atoms with Crippen LogP contribution in [0.25, 0.3) is 32.8 Å². The standard InChI is InChI=1S/C31H35ClN6O2/c1-6-27(40)37-13-15-38(16-14-37)30-25-19-26(32)28(24-18-22(39)17-21-9-7-8-10-23(21)24)20(2)29(25)33-31(34-30)36(5)12-11-35(3)4/h6-10,17-19,39H,1,11-16H2,2-5H3. The molecule has 1 aliphatic heterocycles. The first kappa shape index (κ1) is 27.7. The third-order valence-electron chi connectivity index (χ3n) is 7.56. The highest BCUT2D eigenvalue weighted by atomic mass is 35.5. The Morgan fingerprint density at radius 2 is 1.77 bits per heavy atom. The molecular weight excluding hydrogens is 524 g/mol. The minimum atomic E-state index is -0.0572. The van der Waals surface area contributed by atoms with Gasteiger partial charge in [-0.25, -0.2) is 4.98 Å². The number of anilines is 2. The van der Waals surface area contributed by atoms with E-state index in [9.17, 15) is 9.90 Å². The van der Waals surface area contributed by atoms with Crippen molar-refractivity contribution in [2.45, 2.75) is 6.92 Å². The van der Waals surface area contributed by atoms with Crippen LogP contribution in [0.1, 0.15) is 5.56 Å². The molecule has 1 aliphatic rings. The fourth-order valence-corrected chi connectivity index (χ4v) is 5.68. The Balaban J connectivity index is 1.68. The Kier molecular flexibility index (Phi) is 7.83. The van der Waals surface area contributed by atoms with E-state index in [1.54, 1.807) is 17.0 Å². The van der Waals surface area contributed by atoms with Gasteiger partial charge in [0.15, 0.2) is 0 Å². The van der Waals surface area contributed by atoms with E-state index >= 15 is 0 Å². The molecule has 8 nitrogen and oxygen atoms in total. The van der Waals surface area contributed by atoms with Crippen LogP contribution in [0.2, 0.25) is 5.02 Å². The minimum absolute atomic E-state index is 0.0572. The van der Waals surface area contributed by atoms with Crippen LogP contribution in [0.5, 0.6) is 5.75 Å². The zero-order valence-corrected chi connectivity index (χ0v) is 24.2. The zero-order valence-electron chi connectivity index (χ0n) is 23.5. The van der Waals surface area contributed by atoms with Gasteiger partial charge < -0.3 is 24.7 Å². The van der Waals surface area contributed by atoms with E-state index in [1.165, 1.54) is 6.08 Å². The summed E-state index contributed by atoms with van der Waals surface area (Å²) >= 11 is 7.04. The average molecular weight is 559 g/mol. The molecule has 1 N–H and O–H groups in total. The molecule has 0 radical (unpaired) electrons. The number of benzene rings is 3. The molecule has 0 aliphatic carbocycles. The van der Waals surface area contributed by atoms with Crippen molar-refractivity contribution >= 4 is 50.9 Å². The predicted molar refractivity (Wildman–Crippen MR) is 165 cm³/mol. The Morgan fingerprint density at radius 1 is 1.05 bits per heavy atom. The number of aromatic nitrogens is 2. The summed E-state index contributed by atoms with van der Waals surface area (Å²) in [5, 5.41) is 13.9. The molecule has 1 saturated heterocycles. The van der Waals surface area contributed by atoms with Crippen molar-refractivity contribution < 1.29 is 9.90 Å². The van der Waals surface area contributed by atoms with Crippen LogP contribution < -0.4 is 9.80 Å². The second-order valence-electron chi connectivity index (χ2n) is 10.6. The Bertz CT molecular complexity index is 1600. The third-order valence-corrected chi connectivity index (χ3v) is 7.86. The van der Waals surface area contributed by atoms with E-state index in [2.05, 4.69) is 21.3 Å². The summed E-state index contributed by atoms with van der Waals surface area (Å²) < 4.78 is 0. The topological polar surface area (TPSA) is 76.0 Å². The fourth-order valence-electron chi connectivity index (χ4n) is 5.32. The van der Waals surface area contributed by atoms with E-state index in [0.717, 1.165) is 57.3 Å². The first-order chi connectivity index (χ1) is 19.2. The zero-order chi connectivity index (χ0) is 28.6. The SMILES string of the molecule is C=CC(=O)N1CCN(c2nc(N(C)CCN(C)C)nc3c(C)c(-c4cc(O)cc5ccccc45)c(Cl)cc23)CC1. The lowest BCUT2D eigenvalue weighted by Crippen LogP contribution is -2.48. The van der Waals surface area contributed by atoms with Crippen molar-refractivity contribution in [3.05, 3.63) is 65.7 Å². The molecular formula is C31H35ClN6O2. The molecule has 1 fully saturated rings. The van der Waals surface area contributed by atoms with Crippen LogP contribution in [0.4, 0.5) is 11.8 Å². The molecule has 3 aromatic carbocycles. The van der Waals surface area contributed by atoms with Crippen LogP contribution in [-0.4, -0.2) is 91.2 Å². The van der Waals surface area contributed by atoms with Gasteiger partial charge in [0.1, 0.15) is 11.6 Å². The maximum Gasteiger partial charge on any atom is 0.246 e. The number of hydrogen-bond acceptors (Lipinski definition) is 7. The smallest absolute Gasteiger partial charge is 0.246 e. The molecule has 208 valence electrons. The number of aromatic hydroxyl groups is 1. The Hall–Kier alpha value is -3.88. The molecule has 4 aromatic rings. The Labute approximate surface area is 240 Å². The quantitative estimate of drug-likeness (QED) is 0.322. The number of nitrogens with zero attached hydrogens (tertiary/aromatic N) is 6. The Morgan fingerprint density at radius 3 is 2.48 bits per heavy atom. The highest BCUT2D eigenvalue weighted by Crippen LogP contribution is 2.43. The monoisotopic (exact) mass is 558 g/mol. The van der Waals surface area contributed by atoms with E-state index in [4.69, 9.17) is 21.6 Å². The molecule has 0 bridgehead atoms. The number of piperazine rings is 1. The summed E-state index contributed by atoms with van der Waals surface area (Å²) in [7, 11) is 6.09. The number of halogens is 1. The van der Waals surface area contributed by atoms with Crippen LogP contribution >= 0.6 is 11.6 Å². The number of hydrogen-bond donors (Lipinski definition) is 1. The highest BCUT2D eigenvalue weighted by molar-refractivity contribution is 6.35. The largest absolute Gasteiger partial charge is 0.508 e. The molecule has 1 aromatic heterocycles. The summed E-state index contributed by atoms with van der Waals surface area (Å²) in [4.78, 5) is 30.5. The lowest BCUT2D eigenvalue weighted by molar-refractivity contribution is -0.126. The van der Waals surface area contributed by atoms with E-state index in [1.807, 2.05) is 58.4 Å². The van der Waals surface area contributed by atoms with Gasteiger partial charge in [-0.1, -0.05) is 42.4 Å². The highest BCUT2D eigenvalue weighted by Gasteiger charge is 2.25. The van der Waals surface area contributed by atoms with Gasteiger partial charge in [-0.2, -0.15) is 4.98 Å². The van der Waals surface area contributed by atoms with Crippen molar-refractivity contribution in [3.8, 4) is 16.9 Å². The number of amides is 1. The molecule has 0 saturated carbocycles. The number of rotatable bonds is 7. The van der Waals surface area contributed by atoms with Crippen LogP contribution in [0.3, 0.4) is 0 Å². The summed E-state index contributed by atoms with van der Waals surface area (Å²) in [6.07, 6.45) is 1.36. The second kappa shape index (κ2) is 11.3. The normalized spacial score (nSPS) is 13.8. The van der Waals surface area contributed by atoms with Gasteiger partial charge in [0, 0.05) is 62.3 Å². The van der Waals surface area contributed by atoms with Gasteiger partial charge in [-0.05, 0) is 67.2 Å². The molecule has 9 heteroatoms. The van der Waals surface area contributed by atoms with Gasteiger partial charge in [-0.15, -0.1) is 0 Å². The summed E-state index contributed by atoms with van der Waals surface area (Å²) in [6, 6.07) is 13.4. The van der Waals surface area contributed by atoms with Gasteiger partial charge >= 0.3 is 0 Å². The minimum Gasteiger partial charge on any atom is -0.508 e. The number of fused-ring (bicyclic) bond motifs is 2. The average Bonchev–Trinajstić information content (AvgIpc) is 2.95. The summed E-state index contributed by atoms with van der Waals surface area (Å²) in [6.45, 7) is 9.73. The van der Waals surface area contributed by atoms with Crippen molar-refractivity contribution in [3.63, 3.8) is 0 Å². The van der Waals surface area contributed by atoms with Gasteiger partial charge in [0.25, 0.3) is 0 Å². The van der Waals surface area contributed by atoms with Gasteiger partial charge in [0.05, 0.1) is 5.52 Å². The van der Waals surface area contributed by atoms with E-state index in [0.29, 0.717) is 37.1 Å². The van der Waals surface area contributed by atoms with Crippen molar-refractivity contribution in [1.82, 2.24) is 19.8 Å². The van der Waals surface area contributed by atoms with E-state index in [-0.39, 0.29) is 11.7 Å². The maximum absolute atomic E-state index is 12.2.